The Morgan fingerprint density at radius 2 is 2.00 bits per heavy atom. The third-order valence-electron chi connectivity index (χ3n) is 5.21. The van der Waals surface area contributed by atoms with Gasteiger partial charge in [0.05, 0.1) is 12.2 Å². The van der Waals surface area contributed by atoms with Crippen molar-refractivity contribution in [2.75, 3.05) is 19.6 Å². The minimum absolute atomic E-state index is 0.158. The molecule has 0 unspecified atom stereocenters. The Bertz CT molecular complexity index is 912. The third-order valence-corrected chi connectivity index (χ3v) is 5.21. The zero-order chi connectivity index (χ0) is 19.3. The number of rotatable bonds is 6. The number of benzene rings is 1. The van der Waals surface area contributed by atoms with Gasteiger partial charge in [0, 0.05) is 31.4 Å². The molecule has 28 heavy (non-hydrogen) atoms. The second-order valence-corrected chi connectivity index (χ2v) is 7.21. The van der Waals surface area contributed by atoms with Crippen molar-refractivity contribution in [1.82, 2.24) is 25.2 Å². The van der Waals surface area contributed by atoms with Gasteiger partial charge >= 0.3 is 0 Å². The van der Waals surface area contributed by atoms with E-state index < -0.39 is 0 Å². The van der Waals surface area contributed by atoms with Crippen molar-refractivity contribution >= 4 is 5.91 Å². The van der Waals surface area contributed by atoms with Gasteiger partial charge in [-0.05, 0) is 31.5 Å². The normalized spacial score (nSPS) is 16.0. The molecular formula is C21H25N5O2. The lowest BCUT2D eigenvalue weighted by Gasteiger charge is -2.35. The van der Waals surface area contributed by atoms with Crippen LogP contribution in [0.4, 0.5) is 0 Å². The van der Waals surface area contributed by atoms with Crippen LogP contribution in [0.25, 0.3) is 11.3 Å². The number of carbonyl (C=O) groups is 1. The van der Waals surface area contributed by atoms with Gasteiger partial charge in [-0.3, -0.25) is 14.4 Å². The number of hydrogen-bond donors (Lipinski definition) is 1. The van der Waals surface area contributed by atoms with Crippen molar-refractivity contribution < 1.29 is 9.32 Å². The lowest BCUT2D eigenvalue weighted by molar-refractivity contribution is 0.0888. The van der Waals surface area contributed by atoms with E-state index in [1.165, 1.54) is 24.8 Å². The molecule has 0 spiro atoms. The zero-order valence-electron chi connectivity index (χ0n) is 16.0. The molecule has 1 aliphatic rings. The molecule has 2 aromatic heterocycles. The van der Waals surface area contributed by atoms with Crippen LogP contribution >= 0.6 is 0 Å². The van der Waals surface area contributed by atoms with E-state index in [4.69, 9.17) is 4.52 Å². The first-order chi connectivity index (χ1) is 13.7. The van der Waals surface area contributed by atoms with E-state index in [0.29, 0.717) is 12.2 Å². The highest BCUT2D eigenvalue weighted by molar-refractivity contribution is 5.92. The first-order valence-electron chi connectivity index (χ1n) is 9.73. The molecule has 7 heteroatoms. The minimum atomic E-state index is -0.249. The molecule has 0 radical (unpaired) electrons. The van der Waals surface area contributed by atoms with Crippen LogP contribution in [0.3, 0.4) is 0 Å². The monoisotopic (exact) mass is 379 g/mol. The highest BCUT2D eigenvalue weighted by atomic mass is 16.5. The van der Waals surface area contributed by atoms with Gasteiger partial charge in [-0.15, -0.1) is 0 Å². The van der Waals surface area contributed by atoms with Gasteiger partial charge in [-0.25, -0.2) is 0 Å². The van der Waals surface area contributed by atoms with Gasteiger partial charge in [-0.1, -0.05) is 41.9 Å². The molecule has 7 nitrogen and oxygen atoms in total. The van der Waals surface area contributed by atoms with Crippen molar-refractivity contribution in [3.8, 4) is 11.3 Å². The van der Waals surface area contributed by atoms with Crippen LogP contribution in [0.2, 0.25) is 0 Å². The van der Waals surface area contributed by atoms with Gasteiger partial charge in [0.25, 0.3) is 5.91 Å². The summed E-state index contributed by atoms with van der Waals surface area (Å²) in [6.07, 6.45) is 7.21. The summed E-state index contributed by atoms with van der Waals surface area (Å²) in [5.74, 6) is -0.0371. The molecule has 3 aromatic rings. The molecule has 0 bridgehead atoms. The predicted molar refractivity (Wildman–Crippen MR) is 106 cm³/mol. The number of aromatic nitrogens is 3. The predicted octanol–water partition coefficient (Wildman–Crippen LogP) is 3.03. The lowest BCUT2D eigenvalue weighted by Crippen LogP contribution is -2.40. The summed E-state index contributed by atoms with van der Waals surface area (Å²) in [6.45, 7) is 2.65. The molecule has 3 heterocycles. The summed E-state index contributed by atoms with van der Waals surface area (Å²) in [7, 11) is 1.83. The topological polar surface area (TPSA) is 76.2 Å². The molecule has 0 aliphatic carbocycles. The number of likely N-dealkylation sites (tertiary alicyclic amines) is 1. The molecule has 4 rings (SSSR count). The van der Waals surface area contributed by atoms with Gasteiger partial charge in [0.15, 0.2) is 0 Å². The van der Waals surface area contributed by atoms with Gasteiger partial charge in [0.2, 0.25) is 5.76 Å². The molecule has 1 aliphatic heterocycles. The fraction of sp³-hybridized carbons (Fsp3) is 0.381. The van der Waals surface area contributed by atoms with Crippen LogP contribution < -0.4 is 5.32 Å². The maximum atomic E-state index is 12.6. The highest BCUT2D eigenvalue weighted by Gasteiger charge is 2.24. The molecule has 1 amide bonds. The van der Waals surface area contributed by atoms with E-state index >= 15 is 0 Å². The number of carbonyl (C=O) groups excluding carboxylic acids is 1. The molecular weight excluding hydrogens is 354 g/mol. The van der Waals surface area contributed by atoms with Crippen LogP contribution in [0.15, 0.2) is 53.3 Å². The van der Waals surface area contributed by atoms with E-state index in [9.17, 15) is 4.79 Å². The average molecular weight is 379 g/mol. The van der Waals surface area contributed by atoms with Crippen molar-refractivity contribution in [3.05, 3.63) is 60.1 Å². The Labute approximate surface area is 164 Å². The summed E-state index contributed by atoms with van der Waals surface area (Å²) < 4.78 is 6.95. The number of nitrogens with one attached hydrogen (secondary N) is 1. The van der Waals surface area contributed by atoms with Crippen LogP contribution in [-0.4, -0.2) is 45.4 Å². The fourth-order valence-corrected chi connectivity index (χ4v) is 3.71. The first-order valence-corrected chi connectivity index (χ1v) is 9.73. The molecule has 1 fully saturated rings. The maximum Gasteiger partial charge on any atom is 0.289 e. The Balaban J connectivity index is 1.44. The van der Waals surface area contributed by atoms with Crippen molar-refractivity contribution in [3.63, 3.8) is 0 Å². The van der Waals surface area contributed by atoms with E-state index in [1.54, 1.807) is 16.9 Å². The van der Waals surface area contributed by atoms with Crippen molar-refractivity contribution in [2.24, 2.45) is 7.05 Å². The van der Waals surface area contributed by atoms with Gasteiger partial charge < -0.3 is 9.84 Å². The Hall–Kier alpha value is -2.93. The van der Waals surface area contributed by atoms with E-state index in [1.807, 2.05) is 31.4 Å². The van der Waals surface area contributed by atoms with Crippen LogP contribution in [0, 0.1) is 0 Å². The number of amides is 1. The maximum absolute atomic E-state index is 12.6. The quantitative estimate of drug-likeness (QED) is 0.712. The van der Waals surface area contributed by atoms with Crippen molar-refractivity contribution in [1.29, 1.82) is 0 Å². The average Bonchev–Trinajstić information content (AvgIpc) is 3.39. The molecule has 146 valence electrons. The second kappa shape index (κ2) is 8.39. The van der Waals surface area contributed by atoms with E-state index in [-0.39, 0.29) is 17.7 Å². The minimum Gasteiger partial charge on any atom is -0.350 e. The highest BCUT2D eigenvalue weighted by Crippen LogP contribution is 2.24. The molecule has 1 saturated heterocycles. The number of hydrogen-bond acceptors (Lipinski definition) is 5. The first kappa shape index (κ1) is 18.4. The summed E-state index contributed by atoms with van der Waals surface area (Å²) in [5.41, 5.74) is 2.65. The van der Waals surface area contributed by atoms with E-state index in [0.717, 1.165) is 18.7 Å². The molecule has 0 saturated carbocycles. The number of aryl methyl sites for hydroxylation is 1. The smallest absolute Gasteiger partial charge is 0.289 e. The molecule has 1 atom stereocenters. The Kier molecular flexibility index (Phi) is 5.53. The summed E-state index contributed by atoms with van der Waals surface area (Å²) in [5, 5.41) is 11.1. The number of nitrogens with zero attached hydrogens (tertiary/aromatic N) is 4. The summed E-state index contributed by atoms with van der Waals surface area (Å²) >= 11 is 0. The van der Waals surface area contributed by atoms with Crippen LogP contribution in [0.1, 0.15) is 41.4 Å². The molecule has 1 aromatic carbocycles. The molecule has 1 N–H and O–H groups in total. The summed E-state index contributed by atoms with van der Waals surface area (Å²) in [6, 6.07) is 12.2. The second-order valence-electron chi connectivity index (χ2n) is 7.21. The van der Waals surface area contributed by atoms with E-state index in [2.05, 4.69) is 32.6 Å². The third kappa shape index (κ3) is 4.14. The Morgan fingerprint density at radius 1 is 1.21 bits per heavy atom. The SMILES string of the molecule is Cn1cc(-c2cc(C(=O)NC[C@@H](c3ccccc3)N3CCCCC3)on2)cn1. The Morgan fingerprint density at radius 3 is 2.71 bits per heavy atom. The standard InChI is InChI=1S/C21H25N5O2/c1-25-15-17(13-23-25)18-12-20(28-24-18)21(27)22-14-19(16-8-4-2-5-9-16)26-10-6-3-7-11-26/h2,4-5,8-9,12-13,15,19H,3,6-7,10-11,14H2,1H3,(H,22,27)/t19-/m0/s1. The largest absolute Gasteiger partial charge is 0.350 e. The fourth-order valence-electron chi connectivity index (χ4n) is 3.71. The zero-order valence-corrected chi connectivity index (χ0v) is 16.0. The number of piperidine rings is 1. The van der Waals surface area contributed by atoms with Crippen LogP contribution in [-0.2, 0) is 7.05 Å². The van der Waals surface area contributed by atoms with Gasteiger partial charge in [0.1, 0.15) is 5.69 Å². The summed E-state index contributed by atoms with van der Waals surface area (Å²) in [4.78, 5) is 15.1. The van der Waals surface area contributed by atoms with Gasteiger partial charge in [-0.2, -0.15) is 5.10 Å². The lowest BCUT2D eigenvalue weighted by atomic mass is 10.0. The van der Waals surface area contributed by atoms with Crippen molar-refractivity contribution in [2.45, 2.75) is 25.3 Å². The van der Waals surface area contributed by atoms with Crippen LogP contribution in [0.5, 0.6) is 0 Å².